The number of benzene rings is 1. The van der Waals surface area contributed by atoms with Gasteiger partial charge in [-0.15, -0.1) is 5.53 Å². The first-order chi connectivity index (χ1) is 14.5. The number of halogens is 1. The minimum absolute atomic E-state index is 0.0226. The molecule has 9 nitrogen and oxygen atoms in total. The fourth-order valence-electron chi connectivity index (χ4n) is 4.16. The van der Waals surface area contributed by atoms with E-state index in [-0.39, 0.29) is 24.3 Å². The van der Waals surface area contributed by atoms with E-state index in [0.29, 0.717) is 24.5 Å². The normalized spacial score (nSPS) is 23.6. The molecule has 31 heavy (non-hydrogen) atoms. The molecule has 2 amide bonds. The number of carbonyl (C=O) groups is 2. The van der Waals surface area contributed by atoms with Crippen molar-refractivity contribution in [2.75, 3.05) is 19.6 Å². The summed E-state index contributed by atoms with van der Waals surface area (Å²) in [5.74, 6) is -0.519. The highest BCUT2D eigenvalue weighted by Gasteiger charge is 2.50. The smallest absolute Gasteiger partial charge is 0.245 e. The number of nitrogens with one attached hydrogen (secondary N) is 3. The summed E-state index contributed by atoms with van der Waals surface area (Å²) in [7, 11) is 0. The average Bonchev–Trinajstić information content (AvgIpc) is 3.21. The molecule has 1 aromatic rings. The quantitative estimate of drug-likeness (QED) is 0.518. The van der Waals surface area contributed by atoms with Gasteiger partial charge in [0.2, 0.25) is 11.8 Å². The van der Waals surface area contributed by atoms with E-state index >= 15 is 0 Å². The number of hydrogen-bond acceptors (Lipinski definition) is 7. The van der Waals surface area contributed by atoms with Gasteiger partial charge in [0.25, 0.3) is 0 Å². The zero-order valence-corrected chi connectivity index (χ0v) is 19.1. The Balaban J connectivity index is 1.70. The van der Waals surface area contributed by atoms with E-state index in [1.807, 2.05) is 39.8 Å². The number of rotatable bonds is 6. The molecule has 0 saturated carbocycles. The number of amides is 2. The van der Waals surface area contributed by atoms with Crippen LogP contribution < -0.4 is 16.4 Å². The van der Waals surface area contributed by atoms with E-state index in [1.54, 1.807) is 17.0 Å². The van der Waals surface area contributed by atoms with Gasteiger partial charge >= 0.3 is 0 Å². The zero-order chi connectivity index (χ0) is 22.8. The molecule has 0 bridgehead atoms. The zero-order valence-electron chi connectivity index (χ0n) is 18.4. The number of piperidine rings is 1. The Kier molecular flexibility index (Phi) is 6.78. The van der Waals surface area contributed by atoms with Crippen LogP contribution in [0.5, 0.6) is 0 Å². The molecule has 0 radical (unpaired) electrons. The average molecular weight is 451 g/mol. The van der Waals surface area contributed by atoms with Gasteiger partial charge in [-0.25, -0.2) is 5.53 Å². The SMILES string of the molecule is CC(C)[C@@H](NC(=O)CN1C=NNN1)C(=O)N1CC[C@](O)(c2ccc(Cl)cc2)C(C)(C)C1. The van der Waals surface area contributed by atoms with E-state index in [1.165, 1.54) is 11.3 Å². The van der Waals surface area contributed by atoms with Crippen molar-refractivity contribution in [1.82, 2.24) is 26.3 Å². The van der Waals surface area contributed by atoms with Crippen LogP contribution in [-0.4, -0.2) is 58.8 Å². The third-order valence-corrected chi connectivity index (χ3v) is 6.35. The lowest BCUT2D eigenvalue weighted by Crippen LogP contribution is -2.61. The fraction of sp³-hybridized carbons (Fsp3) is 0.571. The van der Waals surface area contributed by atoms with Gasteiger partial charge in [-0.3, -0.25) is 14.6 Å². The maximum Gasteiger partial charge on any atom is 0.245 e. The fourth-order valence-corrected chi connectivity index (χ4v) is 4.28. The highest BCUT2D eigenvalue weighted by molar-refractivity contribution is 6.30. The lowest BCUT2D eigenvalue weighted by atomic mass is 9.66. The van der Waals surface area contributed by atoms with Gasteiger partial charge in [0.05, 0.1) is 5.60 Å². The van der Waals surface area contributed by atoms with Crippen LogP contribution in [0, 0.1) is 11.3 Å². The van der Waals surface area contributed by atoms with Crippen LogP contribution in [0.15, 0.2) is 29.4 Å². The maximum absolute atomic E-state index is 13.3. The number of hydrazine groups is 2. The Hall–Kier alpha value is -2.36. The maximum atomic E-state index is 13.3. The second-order valence-corrected chi connectivity index (χ2v) is 9.58. The van der Waals surface area contributed by atoms with Gasteiger partial charge < -0.3 is 15.3 Å². The number of hydrazone groups is 1. The Labute approximate surface area is 187 Å². The molecule has 4 N–H and O–H groups in total. The number of nitrogens with zero attached hydrogens (tertiary/aromatic N) is 3. The molecule has 1 fully saturated rings. The summed E-state index contributed by atoms with van der Waals surface area (Å²) in [5.41, 5.74) is 4.32. The van der Waals surface area contributed by atoms with E-state index < -0.39 is 17.1 Å². The second-order valence-electron chi connectivity index (χ2n) is 9.15. The van der Waals surface area contributed by atoms with Crippen molar-refractivity contribution < 1.29 is 14.7 Å². The molecule has 2 heterocycles. The molecule has 2 aliphatic heterocycles. The minimum atomic E-state index is -1.08. The number of carbonyl (C=O) groups excluding carboxylic acids is 2. The summed E-state index contributed by atoms with van der Waals surface area (Å²) in [6, 6.07) is 6.55. The predicted octanol–water partition coefficient (Wildman–Crippen LogP) is 1.20. The largest absolute Gasteiger partial charge is 0.384 e. The van der Waals surface area contributed by atoms with E-state index in [0.717, 1.165) is 5.56 Å². The highest BCUT2D eigenvalue weighted by atomic mass is 35.5. The first-order valence-electron chi connectivity index (χ1n) is 10.4. The number of hydrogen-bond donors (Lipinski definition) is 4. The molecule has 1 saturated heterocycles. The van der Waals surface area contributed by atoms with Gasteiger partial charge in [-0.05, 0) is 30.0 Å². The summed E-state index contributed by atoms with van der Waals surface area (Å²) in [6.45, 7) is 8.50. The molecule has 0 spiro atoms. The molecule has 170 valence electrons. The summed E-state index contributed by atoms with van der Waals surface area (Å²) >= 11 is 6.00. The molecule has 3 rings (SSSR count). The lowest BCUT2D eigenvalue weighted by Gasteiger charge is -2.51. The molecular weight excluding hydrogens is 420 g/mol. The molecular formula is C21H31ClN6O3. The Morgan fingerprint density at radius 2 is 1.97 bits per heavy atom. The van der Waals surface area contributed by atoms with Crippen molar-refractivity contribution in [2.45, 2.75) is 45.8 Å². The van der Waals surface area contributed by atoms with Crippen LogP contribution in [0.2, 0.25) is 5.02 Å². The molecule has 2 aliphatic rings. The standard InChI is InChI=1S/C21H31ClN6O3/c1-14(2)18(24-17(29)11-28-13-23-25-26-28)19(30)27-10-9-21(31,20(3,4)12-27)15-5-7-16(22)8-6-15/h5-8,13-14,18,25-26,31H,9-12H2,1-4H3,(H,24,29)/t18-,21+/m1/s1. The lowest BCUT2D eigenvalue weighted by molar-refractivity contribution is -0.156. The Morgan fingerprint density at radius 3 is 2.52 bits per heavy atom. The summed E-state index contributed by atoms with van der Waals surface area (Å²) in [5, 5.41) is 20.2. The van der Waals surface area contributed by atoms with Crippen LogP contribution >= 0.6 is 11.6 Å². The van der Waals surface area contributed by atoms with Crippen molar-refractivity contribution in [1.29, 1.82) is 0 Å². The van der Waals surface area contributed by atoms with Gasteiger partial charge in [-0.1, -0.05) is 51.4 Å². The third-order valence-electron chi connectivity index (χ3n) is 6.10. The van der Waals surface area contributed by atoms with Crippen LogP contribution in [-0.2, 0) is 15.2 Å². The molecule has 1 aromatic carbocycles. The van der Waals surface area contributed by atoms with Crippen molar-refractivity contribution in [3.05, 3.63) is 34.9 Å². The van der Waals surface area contributed by atoms with Crippen LogP contribution in [0.1, 0.15) is 39.7 Å². The van der Waals surface area contributed by atoms with Gasteiger partial charge in [0, 0.05) is 23.5 Å². The highest BCUT2D eigenvalue weighted by Crippen LogP contribution is 2.46. The molecule has 0 aromatic heterocycles. The monoisotopic (exact) mass is 450 g/mol. The molecule has 2 atom stereocenters. The van der Waals surface area contributed by atoms with Crippen molar-refractivity contribution >= 4 is 29.8 Å². The third kappa shape index (κ3) is 4.94. The molecule has 0 unspecified atom stereocenters. The first-order valence-corrected chi connectivity index (χ1v) is 10.8. The van der Waals surface area contributed by atoms with E-state index in [9.17, 15) is 14.7 Å². The van der Waals surface area contributed by atoms with Crippen molar-refractivity contribution in [3.8, 4) is 0 Å². The van der Waals surface area contributed by atoms with Crippen molar-refractivity contribution in [3.63, 3.8) is 0 Å². The van der Waals surface area contributed by atoms with Crippen LogP contribution in [0.3, 0.4) is 0 Å². The van der Waals surface area contributed by atoms with Gasteiger partial charge in [0.1, 0.15) is 18.9 Å². The van der Waals surface area contributed by atoms with Crippen LogP contribution in [0.4, 0.5) is 0 Å². The summed E-state index contributed by atoms with van der Waals surface area (Å²) < 4.78 is 0. The van der Waals surface area contributed by atoms with E-state index in [4.69, 9.17) is 11.6 Å². The predicted molar refractivity (Wildman–Crippen MR) is 119 cm³/mol. The van der Waals surface area contributed by atoms with Gasteiger partial charge in [0.15, 0.2) is 0 Å². The van der Waals surface area contributed by atoms with E-state index in [2.05, 4.69) is 21.5 Å². The van der Waals surface area contributed by atoms with Crippen molar-refractivity contribution in [2.24, 2.45) is 16.4 Å². The first kappa shape index (κ1) is 23.3. The second kappa shape index (κ2) is 9.02. The van der Waals surface area contributed by atoms with Crippen LogP contribution in [0.25, 0.3) is 0 Å². The number of likely N-dealkylation sites (tertiary alicyclic amines) is 1. The Morgan fingerprint density at radius 1 is 1.29 bits per heavy atom. The summed E-state index contributed by atoms with van der Waals surface area (Å²) in [6.07, 6.45) is 1.85. The number of aliphatic hydroxyl groups is 1. The van der Waals surface area contributed by atoms with Gasteiger partial charge in [-0.2, -0.15) is 5.10 Å². The molecule has 0 aliphatic carbocycles. The topological polar surface area (TPSA) is 109 Å². The minimum Gasteiger partial charge on any atom is -0.384 e. The molecule has 10 heteroatoms. The Bertz CT molecular complexity index is 844. The summed E-state index contributed by atoms with van der Waals surface area (Å²) in [4.78, 5) is 27.5.